The summed E-state index contributed by atoms with van der Waals surface area (Å²) in [6.45, 7) is 6.56. The Hall–Kier alpha value is -1.62. The summed E-state index contributed by atoms with van der Waals surface area (Å²) in [6.07, 6.45) is 2.20. The first-order valence-corrected chi connectivity index (χ1v) is 7.10. The Labute approximate surface area is 120 Å². The second kappa shape index (κ2) is 6.22. The number of hydrogen-bond acceptors (Lipinski definition) is 4. The van der Waals surface area contributed by atoms with Gasteiger partial charge in [-0.1, -0.05) is 0 Å². The van der Waals surface area contributed by atoms with E-state index < -0.39 is 0 Å². The van der Waals surface area contributed by atoms with Crippen LogP contribution in [0.5, 0.6) is 0 Å². The van der Waals surface area contributed by atoms with Crippen molar-refractivity contribution in [2.45, 2.75) is 26.7 Å². The summed E-state index contributed by atoms with van der Waals surface area (Å²) in [5.41, 5.74) is 9.28. The van der Waals surface area contributed by atoms with Gasteiger partial charge in [0.2, 0.25) is 0 Å². The lowest BCUT2D eigenvalue weighted by Crippen LogP contribution is -2.31. The van der Waals surface area contributed by atoms with Crippen molar-refractivity contribution in [2.75, 3.05) is 31.7 Å². The number of nitrogens with two attached hydrogens (primary N) is 1. The second-order valence-corrected chi connectivity index (χ2v) is 5.59. The highest BCUT2D eigenvalue weighted by atomic mass is 16.5. The number of amidine groups is 1. The molecule has 1 fully saturated rings. The van der Waals surface area contributed by atoms with Gasteiger partial charge in [-0.2, -0.15) is 0 Å². The number of rotatable bonds is 4. The van der Waals surface area contributed by atoms with Crippen LogP contribution in [0.3, 0.4) is 0 Å². The van der Waals surface area contributed by atoms with Gasteiger partial charge >= 0.3 is 0 Å². The zero-order chi connectivity index (χ0) is 14.7. The van der Waals surface area contributed by atoms with Crippen LogP contribution in [0.25, 0.3) is 0 Å². The van der Waals surface area contributed by atoms with Crippen LogP contribution in [-0.2, 0) is 4.74 Å². The quantitative estimate of drug-likeness (QED) is 0.650. The maximum Gasteiger partial charge on any atom is 0.126 e. The van der Waals surface area contributed by atoms with Crippen molar-refractivity contribution in [1.29, 1.82) is 5.41 Å². The fourth-order valence-corrected chi connectivity index (χ4v) is 2.86. The summed E-state index contributed by atoms with van der Waals surface area (Å²) in [5.74, 6) is 0.728. The lowest BCUT2D eigenvalue weighted by Gasteiger charge is -2.30. The zero-order valence-corrected chi connectivity index (χ0v) is 12.6. The van der Waals surface area contributed by atoms with Crippen molar-refractivity contribution in [3.63, 3.8) is 0 Å². The molecule has 0 aromatic carbocycles. The number of nitrogens with zero attached hydrogens (tertiary/aromatic N) is 2. The molecule has 5 nitrogen and oxygen atoms in total. The molecule has 3 N–H and O–H groups in total. The van der Waals surface area contributed by atoms with Gasteiger partial charge in [0.15, 0.2) is 0 Å². The first-order chi connectivity index (χ1) is 9.49. The summed E-state index contributed by atoms with van der Waals surface area (Å²) in [6, 6.07) is 2.02. The highest BCUT2D eigenvalue weighted by molar-refractivity contribution is 6.01. The van der Waals surface area contributed by atoms with E-state index in [9.17, 15) is 0 Å². The number of ether oxygens (including phenoxy) is 1. The minimum atomic E-state index is 0.0869. The van der Waals surface area contributed by atoms with E-state index in [4.69, 9.17) is 15.9 Å². The Morgan fingerprint density at radius 1 is 1.45 bits per heavy atom. The number of aromatic nitrogens is 1. The summed E-state index contributed by atoms with van der Waals surface area (Å²) in [5, 5.41) is 7.79. The van der Waals surface area contributed by atoms with E-state index in [1.165, 1.54) is 0 Å². The largest absolute Gasteiger partial charge is 0.384 e. The van der Waals surface area contributed by atoms with Crippen molar-refractivity contribution in [1.82, 2.24) is 4.98 Å². The second-order valence-electron chi connectivity index (χ2n) is 5.59. The van der Waals surface area contributed by atoms with Crippen molar-refractivity contribution >= 4 is 11.5 Å². The van der Waals surface area contributed by atoms with Gasteiger partial charge in [0.25, 0.3) is 0 Å². The molecule has 0 spiro atoms. The van der Waals surface area contributed by atoms with E-state index in [1.807, 2.05) is 19.9 Å². The van der Waals surface area contributed by atoms with Gasteiger partial charge in [0, 0.05) is 32.5 Å². The third kappa shape index (κ3) is 3.28. The summed E-state index contributed by atoms with van der Waals surface area (Å²) in [4.78, 5) is 6.62. The Balaban J connectivity index is 2.23. The monoisotopic (exact) mass is 276 g/mol. The van der Waals surface area contributed by atoms with Crippen LogP contribution in [0, 0.1) is 25.2 Å². The predicted octanol–water partition coefficient (Wildman–Crippen LogP) is 1.85. The number of hydrogen-bond donors (Lipinski definition) is 2. The molecular formula is C15H24N4O. The molecule has 1 aromatic rings. The van der Waals surface area contributed by atoms with Crippen molar-refractivity contribution in [2.24, 2.45) is 11.7 Å². The van der Waals surface area contributed by atoms with Crippen LogP contribution in [-0.4, -0.2) is 37.6 Å². The van der Waals surface area contributed by atoms with Crippen LogP contribution < -0.4 is 10.6 Å². The molecule has 0 aliphatic carbocycles. The SMILES string of the molecule is Cc1cc(N(C)CC2CCOCC2)c(C(=N)N)c(C)n1. The molecule has 2 heterocycles. The maximum absolute atomic E-state index is 7.79. The maximum atomic E-state index is 7.79. The number of aryl methyl sites for hydroxylation is 2. The molecule has 0 atom stereocenters. The van der Waals surface area contributed by atoms with Crippen LogP contribution in [0.2, 0.25) is 0 Å². The summed E-state index contributed by atoms with van der Waals surface area (Å²) in [7, 11) is 2.07. The summed E-state index contributed by atoms with van der Waals surface area (Å²) < 4.78 is 5.40. The average Bonchev–Trinajstić information content (AvgIpc) is 2.38. The van der Waals surface area contributed by atoms with Crippen molar-refractivity contribution in [3.8, 4) is 0 Å². The van der Waals surface area contributed by atoms with E-state index >= 15 is 0 Å². The molecular weight excluding hydrogens is 252 g/mol. The average molecular weight is 276 g/mol. The smallest absolute Gasteiger partial charge is 0.126 e. The van der Waals surface area contributed by atoms with Gasteiger partial charge in [-0.05, 0) is 38.7 Å². The van der Waals surface area contributed by atoms with Crippen LogP contribution in [0.1, 0.15) is 29.8 Å². The molecule has 2 rings (SSSR count). The van der Waals surface area contributed by atoms with E-state index in [2.05, 4.69) is 16.9 Å². The first-order valence-electron chi connectivity index (χ1n) is 7.10. The third-order valence-corrected chi connectivity index (χ3v) is 3.86. The summed E-state index contributed by atoms with van der Waals surface area (Å²) >= 11 is 0. The Bertz CT molecular complexity index is 495. The van der Waals surface area contributed by atoms with Gasteiger partial charge < -0.3 is 15.4 Å². The van der Waals surface area contributed by atoms with Crippen molar-refractivity contribution in [3.05, 3.63) is 23.0 Å². The van der Waals surface area contributed by atoms with E-state index in [0.29, 0.717) is 5.92 Å². The molecule has 0 amide bonds. The fourth-order valence-electron chi connectivity index (χ4n) is 2.86. The van der Waals surface area contributed by atoms with Gasteiger partial charge in [-0.25, -0.2) is 0 Å². The van der Waals surface area contributed by atoms with Crippen LogP contribution >= 0.6 is 0 Å². The number of nitrogens with one attached hydrogen (secondary N) is 1. The van der Waals surface area contributed by atoms with Crippen molar-refractivity contribution < 1.29 is 4.74 Å². The zero-order valence-electron chi connectivity index (χ0n) is 12.6. The molecule has 0 radical (unpaired) electrons. The normalized spacial score (nSPS) is 16.1. The molecule has 0 saturated carbocycles. The fraction of sp³-hybridized carbons (Fsp3) is 0.600. The highest BCUT2D eigenvalue weighted by Crippen LogP contribution is 2.25. The predicted molar refractivity (Wildman–Crippen MR) is 81.5 cm³/mol. The minimum Gasteiger partial charge on any atom is -0.384 e. The molecule has 5 heteroatoms. The minimum absolute atomic E-state index is 0.0869. The van der Waals surface area contributed by atoms with Gasteiger partial charge in [0.05, 0.1) is 16.9 Å². The topological polar surface area (TPSA) is 75.2 Å². The number of nitrogen functional groups attached to an aromatic ring is 1. The van der Waals surface area contributed by atoms with Gasteiger partial charge in [0.1, 0.15) is 5.84 Å². The van der Waals surface area contributed by atoms with E-state index in [1.54, 1.807) is 0 Å². The first kappa shape index (κ1) is 14.8. The molecule has 1 saturated heterocycles. The highest BCUT2D eigenvalue weighted by Gasteiger charge is 2.19. The van der Waals surface area contributed by atoms with Gasteiger partial charge in [-0.15, -0.1) is 0 Å². The molecule has 1 aliphatic heterocycles. The Kier molecular flexibility index (Phi) is 4.60. The molecule has 110 valence electrons. The van der Waals surface area contributed by atoms with E-state index in [0.717, 1.165) is 55.2 Å². The third-order valence-electron chi connectivity index (χ3n) is 3.86. The Morgan fingerprint density at radius 2 is 2.10 bits per heavy atom. The lowest BCUT2D eigenvalue weighted by atomic mass is 9.99. The number of anilines is 1. The molecule has 1 aliphatic rings. The number of pyridine rings is 1. The van der Waals surface area contributed by atoms with Crippen LogP contribution in [0.15, 0.2) is 6.07 Å². The van der Waals surface area contributed by atoms with E-state index in [-0.39, 0.29) is 5.84 Å². The molecule has 0 unspecified atom stereocenters. The van der Waals surface area contributed by atoms with Gasteiger partial charge in [-0.3, -0.25) is 10.4 Å². The molecule has 0 bridgehead atoms. The van der Waals surface area contributed by atoms with Crippen LogP contribution in [0.4, 0.5) is 5.69 Å². The standard InChI is InChI=1S/C15H24N4O/c1-10-8-13(14(15(16)17)11(2)18-10)19(3)9-12-4-6-20-7-5-12/h8,12H,4-7,9H2,1-3H3,(H3,16,17). The molecule has 1 aromatic heterocycles. The molecule has 20 heavy (non-hydrogen) atoms. The Morgan fingerprint density at radius 3 is 2.70 bits per heavy atom. The lowest BCUT2D eigenvalue weighted by molar-refractivity contribution is 0.0685.